The maximum absolute atomic E-state index is 8.46. The molecule has 0 aromatic carbocycles. The summed E-state index contributed by atoms with van der Waals surface area (Å²) in [6.07, 6.45) is 1.16. The molecule has 3 unspecified atom stereocenters. The van der Waals surface area contributed by atoms with Gasteiger partial charge in [-0.05, 0) is 12.8 Å². The molecule has 14 heavy (non-hydrogen) atoms. The highest BCUT2D eigenvalue weighted by atomic mass is 16.4. The first-order chi connectivity index (χ1) is 6.52. The summed E-state index contributed by atoms with van der Waals surface area (Å²) in [4.78, 5) is 0. The number of hydrogen-bond acceptors (Lipinski definition) is 3. The molecule has 84 valence electrons. The molecule has 0 aromatic heterocycles. The first-order valence-corrected chi connectivity index (χ1v) is 5.23. The zero-order chi connectivity index (χ0) is 11.1. The van der Waals surface area contributed by atoms with Crippen LogP contribution >= 0.6 is 0 Å². The van der Waals surface area contributed by atoms with Crippen molar-refractivity contribution in [3.8, 4) is 0 Å². The molecule has 0 saturated heterocycles. The average Bonchev–Trinajstić information content (AvgIpc) is 2.22. The molecule has 0 heterocycles. The Kier molecular flexibility index (Phi) is 6.28. The molecule has 0 fully saturated rings. The van der Waals surface area contributed by atoms with Crippen molar-refractivity contribution >= 4 is 5.84 Å². The van der Waals surface area contributed by atoms with Gasteiger partial charge in [-0.25, -0.2) is 0 Å². The third-order valence-electron chi connectivity index (χ3n) is 2.86. The van der Waals surface area contributed by atoms with Crippen LogP contribution in [0.1, 0.15) is 34.1 Å². The summed E-state index contributed by atoms with van der Waals surface area (Å²) in [6, 6.07) is 0.467. The van der Waals surface area contributed by atoms with Crippen molar-refractivity contribution in [2.75, 3.05) is 6.54 Å². The van der Waals surface area contributed by atoms with Gasteiger partial charge in [-0.15, -0.1) is 0 Å². The van der Waals surface area contributed by atoms with E-state index >= 15 is 0 Å². The van der Waals surface area contributed by atoms with Crippen LogP contribution in [0.15, 0.2) is 5.16 Å². The molecule has 4 N–H and O–H groups in total. The Balaban J connectivity index is 3.82. The van der Waals surface area contributed by atoms with Crippen LogP contribution in [0.3, 0.4) is 0 Å². The first kappa shape index (κ1) is 13.2. The molecule has 0 aromatic rings. The Morgan fingerprint density at radius 1 is 1.43 bits per heavy atom. The van der Waals surface area contributed by atoms with Crippen LogP contribution in [0.25, 0.3) is 0 Å². The van der Waals surface area contributed by atoms with Gasteiger partial charge in [0.2, 0.25) is 0 Å². The van der Waals surface area contributed by atoms with Crippen LogP contribution < -0.4 is 11.1 Å². The lowest BCUT2D eigenvalue weighted by atomic mass is 10.0. The highest BCUT2D eigenvalue weighted by Crippen LogP contribution is 2.07. The first-order valence-electron chi connectivity index (χ1n) is 5.23. The lowest BCUT2D eigenvalue weighted by Gasteiger charge is -2.21. The van der Waals surface area contributed by atoms with Gasteiger partial charge in [0.1, 0.15) is 5.84 Å². The molecule has 0 bridgehead atoms. The van der Waals surface area contributed by atoms with E-state index in [9.17, 15) is 0 Å². The molecular formula is C10H23N3O. The molecular weight excluding hydrogens is 178 g/mol. The SMILES string of the molecule is CCC(C)C(C)NCC(C)C(N)=NO. The van der Waals surface area contributed by atoms with Crippen LogP contribution in [-0.2, 0) is 0 Å². The maximum atomic E-state index is 8.46. The third-order valence-corrected chi connectivity index (χ3v) is 2.86. The van der Waals surface area contributed by atoms with Gasteiger partial charge in [0, 0.05) is 18.5 Å². The summed E-state index contributed by atoms with van der Waals surface area (Å²) < 4.78 is 0. The van der Waals surface area contributed by atoms with E-state index in [1.54, 1.807) is 0 Å². The molecule has 0 aliphatic rings. The largest absolute Gasteiger partial charge is 0.409 e. The van der Waals surface area contributed by atoms with Gasteiger partial charge < -0.3 is 16.3 Å². The molecule has 0 spiro atoms. The van der Waals surface area contributed by atoms with Crippen LogP contribution in [-0.4, -0.2) is 23.6 Å². The van der Waals surface area contributed by atoms with Crippen molar-refractivity contribution in [1.29, 1.82) is 0 Å². The summed E-state index contributed by atoms with van der Waals surface area (Å²) >= 11 is 0. The van der Waals surface area contributed by atoms with E-state index in [2.05, 4.69) is 31.2 Å². The summed E-state index contributed by atoms with van der Waals surface area (Å²) in [5, 5.41) is 14.8. The molecule has 0 aliphatic heterocycles. The Labute approximate surface area is 86.6 Å². The molecule has 3 atom stereocenters. The van der Waals surface area contributed by atoms with Crippen molar-refractivity contribution in [2.24, 2.45) is 22.7 Å². The zero-order valence-electron chi connectivity index (χ0n) is 9.62. The van der Waals surface area contributed by atoms with Crippen LogP contribution in [0, 0.1) is 11.8 Å². The summed E-state index contributed by atoms with van der Waals surface area (Å²) in [5.41, 5.74) is 5.47. The maximum Gasteiger partial charge on any atom is 0.143 e. The van der Waals surface area contributed by atoms with E-state index in [1.165, 1.54) is 0 Å². The van der Waals surface area contributed by atoms with E-state index < -0.39 is 0 Å². The standard InChI is InChI=1S/C10H23N3O/c1-5-7(2)9(4)12-6-8(3)10(11)13-14/h7-9,12,14H,5-6H2,1-4H3,(H2,11,13). The van der Waals surface area contributed by atoms with Crippen LogP contribution in [0.2, 0.25) is 0 Å². The average molecular weight is 201 g/mol. The number of amidine groups is 1. The van der Waals surface area contributed by atoms with Gasteiger partial charge in [0.15, 0.2) is 0 Å². The zero-order valence-corrected chi connectivity index (χ0v) is 9.62. The Bertz CT molecular complexity index is 182. The van der Waals surface area contributed by atoms with E-state index in [0.29, 0.717) is 12.0 Å². The van der Waals surface area contributed by atoms with Crippen molar-refractivity contribution < 1.29 is 5.21 Å². The number of nitrogens with two attached hydrogens (primary N) is 1. The fraction of sp³-hybridized carbons (Fsp3) is 0.900. The molecule has 4 nitrogen and oxygen atoms in total. The van der Waals surface area contributed by atoms with Gasteiger partial charge in [-0.3, -0.25) is 0 Å². The molecule has 0 rings (SSSR count). The summed E-state index contributed by atoms with van der Waals surface area (Å²) in [6.45, 7) is 9.24. The van der Waals surface area contributed by atoms with Gasteiger partial charge in [-0.1, -0.05) is 32.3 Å². The molecule has 0 aliphatic carbocycles. The molecule has 4 heteroatoms. The van der Waals surface area contributed by atoms with Crippen molar-refractivity contribution in [2.45, 2.75) is 40.2 Å². The second kappa shape index (κ2) is 6.65. The monoisotopic (exact) mass is 201 g/mol. The predicted molar refractivity (Wildman–Crippen MR) is 59.5 cm³/mol. The lowest BCUT2D eigenvalue weighted by Crippen LogP contribution is -2.38. The number of nitrogens with one attached hydrogen (secondary N) is 1. The minimum Gasteiger partial charge on any atom is -0.409 e. The van der Waals surface area contributed by atoms with E-state index in [4.69, 9.17) is 10.9 Å². The minimum atomic E-state index is 0.0755. The van der Waals surface area contributed by atoms with E-state index in [0.717, 1.165) is 13.0 Å². The Morgan fingerprint density at radius 3 is 2.43 bits per heavy atom. The van der Waals surface area contributed by atoms with Gasteiger partial charge in [0.05, 0.1) is 0 Å². The second-order valence-corrected chi connectivity index (χ2v) is 4.01. The number of nitrogens with zero attached hydrogens (tertiary/aromatic N) is 1. The molecule has 0 saturated carbocycles. The Morgan fingerprint density at radius 2 is 2.00 bits per heavy atom. The lowest BCUT2D eigenvalue weighted by molar-refractivity contribution is 0.312. The molecule has 0 radical (unpaired) electrons. The van der Waals surface area contributed by atoms with Gasteiger partial charge >= 0.3 is 0 Å². The fourth-order valence-corrected chi connectivity index (χ4v) is 1.12. The second-order valence-electron chi connectivity index (χ2n) is 4.01. The van der Waals surface area contributed by atoms with Gasteiger partial charge in [-0.2, -0.15) is 0 Å². The number of hydrogen-bond donors (Lipinski definition) is 3. The van der Waals surface area contributed by atoms with Crippen molar-refractivity contribution in [3.05, 3.63) is 0 Å². The quantitative estimate of drug-likeness (QED) is 0.263. The van der Waals surface area contributed by atoms with Crippen molar-refractivity contribution in [1.82, 2.24) is 5.32 Å². The predicted octanol–water partition coefficient (Wildman–Crippen LogP) is 1.39. The summed E-state index contributed by atoms with van der Waals surface area (Å²) in [5.74, 6) is 1.01. The third kappa shape index (κ3) is 4.46. The highest BCUT2D eigenvalue weighted by Gasteiger charge is 2.12. The minimum absolute atomic E-state index is 0.0755. The smallest absolute Gasteiger partial charge is 0.143 e. The normalized spacial score (nSPS) is 19.0. The number of oxime groups is 1. The highest BCUT2D eigenvalue weighted by molar-refractivity contribution is 5.82. The van der Waals surface area contributed by atoms with Crippen molar-refractivity contribution in [3.63, 3.8) is 0 Å². The van der Waals surface area contributed by atoms with Crippen LogP contribution in [0.4, 0.5) is 0 Å². The van der Waals surface area contributed by atoms with E-state index in [-0.39, 0.29) is 11.8 Å². The van der Waals surface area contributed by atoms with Crippen LogP contribution in [0.5, 0.6) is 0 Å². The fourth-order valence-electron chi connectivity index (χ4n) is 1.12. The van der Waals surface area contributed by atoms with Gasteiger partial charge in [0.25, 0.3) is 0 Å². The van der Waals surface area contributed by atoms with E-state index in [1.807, 2.05) is 6.92 Å². The summed E-state index contributed by atoms with van der Waals surface area (Å²) in [7, 11) is 0. The Hall–Kier alpha value is -0.770. The number of rotatable bonds is 6. The topological polar surface area (TPSA) is 70.6 Å². The molecule has 0 amide bonds.